The van der Waals surface area contributed by atoms with Crippen LogP contribution in [0.15, 0.2) is 113 Å². The minimum Gasteiger partial charge on any atom is -0.463 e. The van der Waals surface area contributed by atoms with Crippen LogP contribution in [0.3, 0.4) is 0 Å². The van der Waals surface area contributed by atoms with E-state index in [9.17, 15) is 22.8 Å². The van der Waals surface area contributed by atoms with E-state index >= 15 is 0 Å². The number of hydrogen-bond donors (Lipinski definition) is 0. The number of benzene rings is 3. The number of rotatable bonds is 7. The van der Waals surface area contributed by atoms with Crippen LogP contribution >= 0.6 is 0 Å². The van der Waals surface area contributed by atoms with Crippen LogP contribution in [-0.4, -0.2) is 29.7 Å². The van der Waals surface area contributed by atoms with Crippen molar-refractivity contribution in [2.75, 3.05) is 11.6 Å². The van der Waals surface area contributed by atoms with E-state index in [2.05, 4.69) is 10.1 Å². The van der Waals surface area contributed by atoms with E-state index in [-0.39, 0.29) is 11.3 Å². The molecular weight excluding hydrogens is 523 g/mol. The molecule has 1 amide bonds. The first-order chi connectivity index (χ1) is 19.3. The van der Waals surface area contributed by atoms with Crippen molar-refractivity contribution in [2.45, 2.75) is 6.18 Å². The molecule has 0 saturated heterocycles. The van der Waals surface area contributed by atoms with E-state index in [0.717, 1.165) is 17.1 Å². The predicted octanol–water partition coefficient (Wildman–Crippen LogP) is 6.74. The van der Waals surface area contributed by atoms with E-state index in [1.165, 1.54) is 30.7 Å². The van der Waals surface area contributed by atoms with Crippen molar-refractivity contribution in [2.24, 2.45) is 5.10 Å². The highest BCUT2D eigenvalue weighted by molar-refractivity contribution is 6.05. The highest BCUT2D eigenvalue weighted by Crippen LogP contribution is 2.32. The molecule has 0 N–H and O–H groups in total. The number of hydrazone groups is 1. The summed E-state index contributed by atoms with van der Waals surface area (Å²) in [6.45, 7) is -0.784. The number of para-hydroxylation sites is 1. The van der Waals surface area contributed by atoms with Gasteiger partial charge >= 0.3 is 12.1 Å². The van der Waals surface area contributed by atoms with Gasteiger partial charge in [-0.05, 0) is 48.0 Å². The highest BCUT2D eigenvalue weighted by atomic mass is 19.4. The molecule has 200 valence electrons. The molecule has 0 radical (unpaired) electrons. The summed E-state index contributed by atoms with van der Waals surface area (Å²) >= 11 is 0. The summed E-state index contributed by atoms with van der Waals surface area (Å²) in [5.74, 6) is -1.25. The number of hydrogen-bond acceptors (Lipinski definition) is 6. The number of pyridine rings is 1. The number of carbonyl (C=O) groups is 2. The van der Waals surface area contributed by atoms with Crippen LogP contribution in [0.5, 0.6) is 0 Å². The van der Waals surface area contributed by atoms with Crippen molar-refractivity contribution in [3.8, 4) is 11.5 Å². The molecule has 0 atom stereocenters. The smallest absolute Gasteiger partial charge is 0.416 e. The number of fused-ring (bicyclic) bond motifs is 1. The van der Waals surface area contributed by atoms with E-state index in [4.69, 9.17) is 9.15 Å². The van der Waals surface area contributed by atoms with Gasteiger partial charge in [0, 0.05) is 5.39 Å². The number of alkyl halides is 3. The van der Waals surface area contributed by atoms with Gasteiger partial charge in [-0.1, -0.05) is 54.6 Å². The Bertz CT molecular complexity index is 1680. The summed E-state index contributed by atoms with van der Waals surface area (Å²) in [6, 6.07) is 24.6. The summed E-state index contributed by atoms with van der Waals surface area (Å²) in [5, 5.41) is 5.38. The van der Waals surface area contributed by atoms with Crippen molar-refractivity contribution < 1.29 is 31.9 Å². The standard InChI is InChI=1S/C30H20F3N3O4/c31-30(32,33)21-10-6-11-22(16-21)36(34-18-20-8-2-1-3-9-20)28(37)19-40-29(38)24-17-26(27-14-7-15-39-27)35-25-13-5-4-12-23(24)25/h1-18H,19H2. The van der Waals surface area contributed by atoms with E-state index < -0.39 is 30.2 Å². The molecule has 3 aromatic carbocycles. The lowest BCUT2D eigenvalue weighted by Gasteiger charge is -2.19. The Hall–Kier alpha value is -5.25. The van der Waals surface area contributed by atoms with Crippen LogP contribution in [0.4, 0.5) is 18.9 Å². The number of amides is 1. The molecule has 10 heteroatoms. The molecule has 0 aliphatic rings. The molecule has 2 aromatic heterocycles. The molecule has 0 aliphatic carbocycles. The normalized spacial score (nSPS) is 11.6. The third-order valence-electron chi connectivity index (χ3n) is 5.81. The summed E-state index contributed by atoms with van der Waals surface area (Å²) in [4.78, 5) is 30.9. The Morgan fingerprint density at radius 2 is 1.70 bits per heavy atom. The number of halogens is 3. The Morgan fingerprint density at radius 1 is 0.925 bits per heavy atom. The molecular formula is C30H20F3N3O4. The first-order valence-corrected chi connectivity index (χ1v) is 12.0. The van der Waals surface area contributed by atoms with Crippen LogP contribution in [0.25, 0.3) is 22.4 Å². The number of esters is 1. The maximum Gasteiger partial charge on any atom is 0.416 e. The number of ether oxygens (including phenoxy) is 1. The lowest BCUT2D eigenvalue weighted by atomic mass is 10.1. The molecule has 0 spiro atoms. The summed E-state index contributed by atoms with van der Waals surface area (Å²) in [6.07, 6.45) is -1.83. The van der Waals surface area contributed by atoms with Crippen molar-refractivity contribution in [1.82, 2.24) is 4.98 Å². The zero-order chi connectivity index (χ0) is 28.1. The van der Waals surface area contributed by atoms with Gasteiger partial charge in [-0.2, -0.15) is 23.3 Å². The average Bonchev–Trinajstić information content (AvgIpc) is 3.51. The third kappa shape index (κ3) is 5.91. The summed E-state index contributed by atoms with van der Waals surface area (Å²) in [7, 11) is 0. The number of nitrogens with zero attached hydrogens (tertiary/aromatic N) is 3. The fraction of sp³-hybridized carbons (Fsp3) is 0.0667. The largest absolute Gasteiger partial charge is 0.463 e. The first kappa shape index (κ1) is 26.4. The second-order valence-electron chi connectivity index (χ2n) is 8.53. The number of aromatic nitrogens is 1. The molecule has 0 unspecified atom stereocenters. The summed E-state index contributed by atoms with van der Waals surface area (Å²) in [5.41, 5.74) is 0.551. The zero-order valence-corrected chi connectivity index (χ0v) is 20.7. The van der Waals surface area contributed by atoms with Gasteiger partial charge in [0.1, 0.15) is 5.69 Å². The van der Waals surface area contributed by atoms with Crippen LogP contribution in [-0.2, 0) is 15.7 Å². The monoisotopic (exact) mass is 543 g/mol. The SMILES string of the molecule is O=C(OCC(=O)N(N=Cc1ccccc1)c1cccc(C(F)(F)F)c1)c1cc(-c2ccco2)nc2ccccc12. The van der Waals surface area contributed by atoms with Crippen molar-refractivity contribution in [3.63, 3.8) is 0 Å². The van der Waals surface area contributed by atoms with Gasteiger partial charge in [-0.25, -0.2) is 9.78 Å². The second kappa shape index (κ2) is 11.2. The second-order valence-corrected chi connectivity index (χ2v) is 8.53. The lowest BCUT2D eigenvalue weighted by molar-refractivity contribution is -0.137. The van der Waals surface area contributed by atoms with Gasteiger partial charge in [0.15, 0.2) is 12.4 Å². The molecule has 0 fully saturated rings. The van der Waals surface area contributed by atoms with E-state index in [1.807, 2.05) is 0 Å². The lowest BCUT2D eigenvalue weighted by Crippen LogP contribution is -2.31. The van der Waals surface area contributed by atoms with Gasteiger partial charge in [0.25, 0.3) is 5.91 Å². The highest BCUT2D eigenvalue weighted by Gasteiger charge is 2.31. The molecule has 40 heavy (non-hydrogen) atoms. The molecule has 0 saturated carbocycles. The van der Waals surface area contributed by atoms with E-state index in [1.54, 1.807) is 66.7 Å². The predicted molar refractivity (Wildman–Crippen MR) is 143 cm³/mol. The molecule has 5 rings (SSSR count). The fourth-order valence-electron chi connectivity index (χ4n) is 3.91. The van der Waals surface area contributed by atoms with E-state index in [0.29, 0.717) is 27.9 Å². The Kier molecular flexibility index (Phi) is 7.41. The fourth-order valence-corrected chi connectivity index (χ4v) is 3.91. The minimum absolute atomic E-state index is 0.141. The van der Waals surface area contributed by atoms with Gasteiger partial charge in [0.05, 0.1) is 34.8 Å². The number of anilines is 1. The molecule has 0 aliphatic heterocycles. The van der Waals surface area contributed by atoms with Crippen molar-refractivity contribution >= 4 is 34.7 Å². The van der Waals surface area contributed by atoms with Crippen LogP contribution in [0.1, 0.15) is 21.5 Å². The van der Waals surface area contributed by atoms with Gasteiger partial charge in [-0.15, -0.1) is 0 Å². The van der Waals surface area contributed by atoms with Crippen LogP contribution in [0.2, 0.25) is 0 Å². The van der Waals surface area contributed by atoms with Gasteiger partial charge < -0.3 is 9.15 Å². The average molecular weight is 544 g/mol. The van der Waals surface area contributed by atoms with Crippen LogP contribution in [0, 0.1) is 0 Å². The first-order valence-electron chi connectivity index (χ1n) is 12.0. The molecule has 5 aromatic rings. The topological polar surface area (TPSA) is 85.0 Å². The maximum atomic E-state index is 13.4. The van der Waals surface area contributed by atoms with Gasteiger partial charge in [0.2, 0.25) is 0 Å². The van der Waals surface area contributed by atoms with Crippen LogP contribution < -0.4 is 5.01 Å². The molecule has 2 heterocycles. The van der Waals surface area contributed by atoms with Gasteiger partial charge in [-0.3, -0.25) is 4.79 Å². The Labute approximate surface area is 226 Å². The quantitative estimate of drug-likeness (QED) is 0.129. The number of furan rings is 1. The zero-order valence-electron chi connectivity index (χ0n) is 20.7. The molecule has 0 bridgehead atoms. The van der Waals surface area contributed by atoms with Crippen molar-refractivity contribution in [3.05, 3.63) is 120 Å². The van der Waals surface area contributed by atoms with Crippen molar-refractivity contribution in [1.29, 1.82) is 0 Å². The number of carbonyl (C=O) groups excluding carboxylic acids is 2. The minimum atomic E-state index is -4.63. The molecule has 7 nitrogen and oxygen atoms in total. The Balaban J connectivity index is 1.43. The third-order valence-corrected chi connectivity index (χ3v) is 5.81. The summed E-state index contributed by atoms with van der Waals surface area (Å²) < 4.78 is 50.8. The Morgan fingerprint density at radius 3 is 2.45 bits per heavy atom. The maximum absolute atomic E-state index is 13.4.